The molecule has 1 spiro atoms. The number of piperazine rings is 2. The fraction of sp³-hybridized carbons (Fsp3) is 0.630. The molecule has 0 radical (unpaired) electrons. The van der Waals surface area contributed by atoms with Gasteiger partial charge >= 0.3 is 0 Å². The highest BCUT2D eigenvalue weighted by atomic mass is 19.1. The summed E-state index contributed by atoms with van der Waals surface area (Å²) in [5.74, 6) is 2.99. The average molecular weight is 923 g/mol. The van der Waals surface area contributed by atoms with E-state index >= 15 is 0 Å². The Kier molecular flexibility index (Phi) is 18.9. The van der Waals surface area contributed by atoms with Crippen molar-refractivity contribution in [3.8, 4) is 5.75 Å². The van der Waals surface area contributed by atoms with E-state index in [1.54, 1.807) is 44.0 Å². The third kappa shape index (κ3) is 14.2. The minimum atomic E-state index is -0.391. The van der Waals surface area contributed by atoms with Crippen LogP contribution in [-0.2, 0) is 15.9 Å². The molecule has 5 aliphatic rings. The van der Waals surface area contributed by atoms with Crippen molar-refractivity contribution < 1.29 is 13.9 Å². The van der Waals surface area contributed by atoms with Crippen LogP contribution in [0.3, 0.4) is 0 Å². The Morgan fingerprint density at radius 1 is 0.567 bits per heavy atom. The van der Waals surface area contributed by atoms with Crippen molar-refractivity contribution in [3.05, 3.63) is 102 Å². The van der Waals surface area contributed by atoms with E-state index in [0.29, 0.717) is 29.9 Å². The molecule has 0 atom stereocenters. The molecule has 13 heteroatoms. The maximum absolute atomic E-state index is 13.6. The van der Waals surface area contributed by atoms with E-state index in [0.717, 1.165) is 102 Å². The molecule has 0 bridgehead atoms. The average Bonchev–Trinajstić information content (AvgIpc) is 3.56. The molecule has 9 rings (SSSR count). The van der Waals surface area contributed by atoms with Crippen molar-refractivity contribution in [3.63, 3.8) is 0 Å². The fourth-order valence-corrected chi connectivity index (χ4v) is 10.2. The minimum absolute atomic E-state index is 0.169. The predicted molar refractivity (Wildman–Crippen MR) is 272 cm³/mol. The number of likely N-dealkylation sites (tertiary alicyclic amines) is 2. The van der Waals surface area contributed by atoms with Crippen molar-refractivity contribution >= 4 is 11.9 Å². The second kappa shape index (κ2) is 24.3. The van der Waals surface area contributed by atoms with Crippen LogP contribution in [0.15, 0.2) is 79.4 Å². The van der Waals surface area contributed by atoms with Crippen LogP contribution >= 0.6 is 0 Å². The van der Waals surface area contributed by atoms with Gasteiger partial charge in [0, 0.05) is 102 Å². The number of piperidine rings is 2. The Morgan fingerprint density at radius 2 is 1.03 bits per heavy atom. The number of fused-ring (bicyclic) bond motifs is 2. The molecule has 4 aromatic rings. The van der Waals surface area contributed by atoms with Crippen LogP contribution in [-0.4, -0.2) is 149 Å². The van der Waals surface area contributed by atoms with Gasteiger partial charge in [0.2, 0.25) is 11.9 Å². The van der Waals surface area contributed by atoms with Crippen molar-refractivity contribution in [2.24, 2.45) is 0 Å². The van der Waals surface area contributed by atoms with Crippen molar-refractivity contribution in [1.82, 2.24) is 39.5 Å². The third-order valence-corrected chi connectivity index (χ3v) is 14.5. The summed E-state index contributed by atoms with van der Waals surface area (Å²) in [7, 11) is 1.62. The molecule has 0 saturated carbocycles. The summed E-state index contributed by atoms with van der Waals surface area (Å²) in [6.45, 7) is 35.1. The first-order valence-electron chi connectivity index (χ1n) is 25.2. The lowest BCUT2D eigenvalue weighted by molar-refractivity contribution is -0.151. The van der Waals surface area contributed by atoms with Crippen LogP contribution in [0.1, 0.15) is 118 Å². The Hall–Kier alpha value is -4.27. The van der Waals surface area contributed by atoms with E-state index in [2.05, 4.69) is 149 Å². The Balaban J connectivity index is 0.000000148. The van der Waals surface area contributed by atoms with Crippen LogP contribution in [0.2, 0.25) is 0 Å². The molecule has 2 aromatic carbocycles. The molecule has 5 aliphatic heterocycles. The number of anilines is 2. The van der Waals surface area contributed by atoms with Gasteiger partial charge in [-0.15, -0.1) is 0 Å². The van der Waals surface area contributed by atoms with Crippen LogP contribution in [0.4, 0.5) is 16.3 Å². The lowest BCUT2D eigenvalue weighted by atomic mass is 9.82. The van der Waals surface area contributed by atoms with Gasteiger partial charge in [-0.2, -0.15) is 0 Å². The van der Waals surface area contributed by atoms with Crippen LogP contribution in [0.25, 0.3) is 0 Å². The predicted octanol–water partition coefficient (Wildman–Crippen LogP) is 9.09. The first kappa shape index (κ1) is 52.1. The van der Waals surface area contributed by atoms with Gasteiger partial charge in [-0.3, -0.25) is 9.80 Å². The number of methoxy groups -OCH3 is 1. The molecule has 2 aromatic heterocycles. The first-order valence-corrected chi connectivity index (χ1v) is 25.2. The van der Waals surface area contributed by atoms with E-state index in [1.165, 1.54) is 37.1 Å². The molecule has 67 heavy (non-hydrogen) atoms. The SMILES string of the molecule is CC(C)N1CCC(c2ccccc2)CC1.CC(C)N1CCC2(CC1)OC(C)(C)c1cc(F)ccc12.CC(C)N1CCN(c2ncccn2)CC1.COc1cnc(N2CCN(C(C)C)CC2)nc1. The molecular formula is C54H83FN10O2. The molecule has 12 nitrogen and oxygen atoms in total. The minimum Gasteiger partial charge on any atom is -0.494 e. The molecular weight excluding hydrogens is 840 g/mol. The molecule has 0 amide bonds. The van der Waals surface area contributed by atoms with Crippen LogP contribution in [0.5, 0.6) is 5.75 Å². The molecule has 368 valence electrons. The number of aromatic nitrogens is 4. The Bertz CT molecular complexity index is 1960. The molecule has 4 fully saturated rings. The zero-order chi connectivity index (χ0) is 48.1. The van der Waals surface area contributed by atoms with Crippen molar-refractivity contribution in [2.75, 3.05) is 95.4 Å². The molecule has 0 N–H and O–H groups in total. The van der Waals surface area contributed by atoms with E-state index in [1.807, 2.05) is 12.1 Å². The molecule has 4 saturated heterocycles. The Labute approximate surface area is 403 Å². The summed E-state index contributed by atoms with van der Waals surface area (Å²) in [6, 6.07) is 20.5. The van der Waals surface area contributed by atoms with Gasteiger partial charge in [-0.25, -0.2) is 24.3 Å². The number of nitrogens with zero attached hydrogens (tertiary/aromatic N) is 10. The van der Waals surface area contributed by atoms with Gasteiger partial charge < -0.3 is 29.1 Å². The van der Waals surface area contributed by atoms with Gasteiger partial charge in [-0.05, 0) is 149 Å². The zero-order valence-electron chi connectivity index (χ0n) is 42.9. The standard InChI is InChI=1S/C17H24FNO.C14H21N.C12H20N4O.C11H18N4/c1-12(2)19-9-7-17(8-10-19)14-6-5-13(18)11-15(14)16(3,4)20-17;1-12(2)15-10-8-14(9-11-15)13-6-4-3-5-7-13;1-10(2)15-4-6-16(7-5-15)12-13-8-11(17-3)9-14-12;1-10(2)14-6-8-15(9-7-14)11-12-4-3-5-13-11/h5-6,11-12H,7-10H2,1-4H3;3-7,12,14H,8-11H2,1-2H3;8-10H,4-7H2,1-3H3;3-5,10H,6-9H2,1-2H3. The maximum atomic E-state index is 13.6. The number of benzene rings is 2. The number of hydrogen-bond acceptors (Lipinski definition) is 12. The van der Waals surface area contributed by atoms with E-state index in [-0.39, 0.29) is 11.4 Å². The summed E-state index contributed by atoms with van der Waals surface area (Å²) < 4.78 is 25.1. The monoisotopic (exact) mass is 923 g/mol. The smallest absolute Gasteiger partial charge is 0.225 e. The second-order valence-corrected chi connectivity index (χ2v) is 20.4. The van der Waals surface area contributed by atoms with E-state index < -0.39 is 5.60 Å². The number of ether oxygens (including phenoxy) is 2. The number of rotatable bonds is 8. The largest absolute Gasteiger partial charge is 0.494 e. The highest BCUT2D eigenvalue weighted by molar-refractivity contribution is 5.41. The van der Waals surface area contributed by atoms with Gasteiger partial charge in [0.15, 0.2) is 5.75 Å². The third-order valence-electron chi connectivity index (χ3n) is 14.5. The van der Waals surface area contributed by atoms with E-state index in [9.17, 15) is 4.39 Å². The van der Waals surface area contributed by atoms with Crippen molar-refractivity contribution in [2.45, 2.75) is 136 Å². The van der Waals surface area contributed by atoms with Gasteiger partial charge in [-0.1, -0.05) is 36.4 Å². The van der Waals surface area contributed by atoms with Crippen LogP contribution in [0, 0.1) is 5.82 Å². The summed E-state index contributed by atoms with van der Waals surface area (Å²) in [6.07, 6.45) is 11.7. The summed E-state index contributed by atoms with van der Waals surface area (Å²) in [5.41, 5.74) is 3.15. The van der Waals surface area contributed by atoms with Crippen LogP contribution < -0.4 is 14.5 Å². The second-order valence-electron chi connectivity index (χ2n) is 20.4. The van der Waals surface area contributed by atoms with Gasteiger partial charge in [0.25, 0.3) is 0 Å². The van der Waals surface area contributed by atoms with E-state index in [4.69, 9.17) is 9.47 Å². The summed E-state index contributed by atoms with van der Waals surface area (Å²) in [5, 5.41) is 0. The lowest BCUT2D eigenvalue weighted by Gasteiger charge is -2.42. The summed E-state index contributed by atoms with van der Waals surface area (Å²) >= 11 is 0. The quantitative estimate of drug-likeness (QED) is 0.169. The first-order chi connectivity index (χ1) is 32.1. The number of hydrogen-bond donors (Lipinski definition) is 0. The fourth-order valence-electron chi connectivity index (χ4n) is 10.2. The molecule has 0 unspecified atom stereocenters. The number of halogens is 1. The van der Waals surface area contributed by atoms with Gasteiger partial charge in [0.1, 0.15) is 5.82 Å². The summed E-state index contributed by atoms with van der Waals surface area (Å²) in [4.78, 5) is 31.7. The Morgan fingerprint density at radius 3 is 1.51 bits per heavy atom. The topological polar surface area (TPSA) is 89.5 Å². The lowest BCUT2D eigenvalue weighted by Crippen LogP contribution is -2.49. The zero-order valence-corrected chi connectivity index (χ0v) is 42.9. The van der Waals surface area contributed by atoms with Crippen molar-refractivity contribution in [1.29, 1.82) is 0 Å². The highest BCUT2D eigenvalue weighted by Gasteiger charge is 2.50. The normalized spacial score (nSPS) is 20.2. The highest BCUT2D eigenvalue weighted by Crippen LogP contribution is 2.52. The molecule has 7 heterocycles. The van der Waals surface area contributed by atoms with Gasteiger partial charge in [0.05, 0.1) is 30.7 Å². The molecule has 0 aliphatic carbocycles. The maximum Gasteiger partial charge on any atom is 0.225 e.